The van der Waals surface area contributed by atoms with Gasteiger partial charge < -0.3 is 0 Å². The molecule has 1 atom stereocenters. The van der Waals surface area contributed by atoms with Crippen LogP contribution in [0.2, 0.25) is 0 Å². The van der Waals surface area contributed by atoms with E-state index in [4.69, 9.17) is 0 Å². The smallest absolute Gasteiger partial charge is 0.299 e. The van der Waals surface area contributed by atoms with E-state index in [-0.39, 0.29) is 24.5 Å². The van der Waals surface area contributed by atoms with Gasteiger partial charge in [-0.25, -0.2) is 0 Å². The first-order chi connectivity index (χ1) is 15.2. The van der Waals surface area contributed by atoms with Crippen LogP contribution in [0.1, 0.15) is 58.6 Å². The number of carbonyl (C=O) groups is 1. The summed E-state index contributed by atoms with van der Waals surface area (Å²) in [6.07, 6.45) is 0.575. The third-order valence-electron chi connectivity index (χ3n) is 5.44. The second kappa shape index (κ2) is 8.61. The maximum atomic E-state index is 12.7. The van der Waals surface area contributed by atoms with Gasteiger partial charge in [-0.3, -0.25) is 24.7 Å². The lowest BCUT2D eigenvalue weighted by Gasteiger charge is -2.12. The number of Topliss-reactive ketones (excluding diaryl/α,β-unsaturated/α-hetero) is 1. The Kier molecular flexibility index (Phi) is 5.86. The van der Waals surface area contributed by atoms with E-state index in [0.29, 0.717) is 17.8 Å². The number of carbonyl (C=O) groups excluding carboxylic acids is 1. The molecule has 4 rings (SSSR count). The Morgan fingerprint density at radius 3 is 2.59 bits per heavy atom. The van der Waals surface area contributed by atoms with Crippen LogP contribution in [0, 0.1) is 6.92 Å². The van der Waals surface area contributed by atoms with Crippen LogP contribution in [0.15, 0.2) is 53.9 Å². The van der Waals surface area contributed by atoms with Crippen molar-refractivity contribution in [3.05, 3.63) is 88.3 Å². The molecule has 164 valence electrons. The van der Waals surface area contributed by atoms with Gasteiger partial charge in [0.05, 0.1) is 12.3 Å². The second-order valence-corrected chi connectivity index (χ2v) is 7.98. The molecule has 0 saturated carbocycles. The lowest BCUT2D eigenvalue weighted by atomic mass is 9.94. The molecule has 0 spiro atoms. The number of aromatic nitrogens is 3. The predicted octanol–water partition coefficient (Wildman–Crippen LogP) is 4.86. The first-order valence-electron chi connectivity index (χ1n) is 10.2. The third-order valence-corrected chi connectivity index (χ3v) is 5.44. The molecule has 32 heavy (non-hydrogen) atoms. The number of pyridine rings is 3. The highest BCUT2D eigenvalue weighted by molar-refractivity contribution is 6.15. The molecule has 0 bridgehead atoms. The summed E-state index contributed by atoms with van der Waals surface area (Å²) in [6, 6.07) is 8.11. The molecular formula is C24H21F3N4O. The molecular weight excluding hydrogens is 417 g/mol. The molecule has 0 radical (unpaired) electrons. The fourth-order valence-corrected chi connectivity index (χ4v) is 3.77. The summed E-state index contributed by atoms with van der Waals surface area (Å²) < 4.78 is 38.0. The van der Waals surface area contributed by atoms with Crippen molar-refractivity contribution in [3.63, 3.8) is 0 Å². The molecule has 0 aromatic carbocycles. The molecule has 1 aliphatic rings. The third kappa shape index (κ3) is 4.74. The first kappa shape index (κ1) is 21.8. The predicted molar refractivity (Wildman–Crippen MR) is 114 cm³/mol. The van der Waals surface area contributed by atoms with Crippen molar-refractivity contribution >= 4 is 11.5 Å². The number of hydrogen-bond acceptors (Lipinski definition) is 5. The number of rotatable bonds is 6. The van der Waals surface area contributed by atoms with Crippen molar-refractivity contribution < 1.29 is 18.0 Å². The fourth-order valence-electron chi connectivity index (χ4n) is 3.77. The van der Waals surface area contributed by atoms with E-state index < -0.39 is 11.9 Å². The number of fused-ring (bicyclic) bond motifs is 1. The molecule has 3 aromatic rings. The summed E-state index contributed by atoms with van der Waals surface area (Å²) in [7, 11) is 0. The zero-order valence-corrected chi connectivity index (χ0v) is 17.6. The molecule has 0 fully saturated rings. The largest absolute Gasteiger partial charge is 0.433 e. The lowest BCUT2D eigenvalue weighted by molar-refractivity contribution is -0.141. The number of nitrogens with zero attached hydrogens (tertiary/aromatic N) is 4. The number of halogens is 3. The van der Waals surface area contributed by atoms with E-state index in [1.54, 1.807) is 19.3 Å². The van der Waals surface area contributed by atoms with Crippen LogP contribution in [0.5, 0.6) is 0 Å². The number of aliphatic imine (C=N–C) groups is 1. The van der Waals surface area contributed by atoms with E-state index in [1.807, 2.05) is 25.1 Å². The molecule has 3 aromatic heterocycles. The van der Waals surface area contributed by atoms with Gasteiger partial charge in [-0.15, -0.1) is 0 Å². The normalized spacial score (nSPS) is 14.1. The van der Waals surface area contributed by atoms with Crippen molar-refractivity contribution in [1.82, 2.24) is 15.0 Å². The van der Waals surface area contributed by atoms with Gasteiger partial charge in [0.2, 0.25) is 0 Å². The summed E-state index contributed by atoms with van der Waals surface area (Å²) in [5.74, 6) is -0.273. The lowest BCUT2D eigenvalue weighted by Crippen LogP contribution is -2.11. The average molecular weight is 438 g/mol. The molecule has 5 nitrogen and oxygen atoms in total. The highest BCUT2D eigenvalue weighted by atomic mass is 19.4. The molecule has 1 aliphatic heterocycles. The maximum Gasteiger partial charge on any atom is 0.433 e. The summed E-state index contributed by atoms with van der Waals surface area (Å²) in [6.45, 7) is 4.26. The van der Waals surface area contributed by atoms with Gasteiger partial charge in [-0.1, -0.05) is 13.0 Å². The van der Waals surface area contributed by atoms with Crippen LogP contribution in [0.4, 0.5) is 13.2 Å². The number of alkyl halides is 3. The first-order valence-corrected chi connectivity index (χ1v) is 10.2. The van der Waals surface area contributed by atoms with Gasteiger partial charge in [-0.05, 0) is 48.2 Å². The Balaban J connectivity index is 1.40. The summed E-state index contributed by atoms with van der Waals surface area (Å²) >= 11 is 0. The van der Waals surface area contributed by atoms with E-state index in [0.717, 1.165) is 34.2 Å². The number of ketones is 1. The van der Waals surface area contributed by atoms with Crippen LogP contribution in [0.3, 0.4) is 0 Å². The fraction of sp³-hybridized carbons (Fsp3) is 0.292. The summed E-state index contributed by atoms with van der Waals surface area (Å²) in [5.41, 5.74) is 5.06. The molecule has 0 saturated heterocycles. The van der Waals surface area contributed by atoms with Crippen LogP contribution >= 0.6 is 0 Å². The van der Waals surface area contributed by atoms with Gasteiger partial charge in [-0.2, -0.15) is 13.2 Å². The topological polar surface area (TPSA) is 68.1 Å². The summed E-state index contributed by atoms with van der Waals surface area (Å²) in [4.78, 5) is 29.3. The van der Waals surface area contributed by atoms with E-state index in [2.05, 4.69) is 19.9 Å². The molecule has 0 aliphatic carbocycles. The van der Waals surface area contributed by atoms with Crippen molar-refractivity contribution in [2.75, 3.05) is 0 Å². The van der Waals surface area contributed by atoms with E-state index >= 15 is 0 Å². The van der Waals surface area contributed by atoms with Gasteiger partial charge in [0.25, 0.3) is 0 Å². The molecule has 0 unspecified atom stereocenters. The monoisotopic (exact) mass is 438 g/mol. The van der Waals surface area contributed by atoms with Gasteiger partial charge in [0, 0.05) is 53.9 Å². The summed E-state index contributed by atoms with van der Waals surface area (Å²) in [5, 5.41) is 0. The minimum Gasteiger partial charge on any atom is -0.299 e. The molecule has 8 heteroatoms. The number of aryl methyl sites for hydroxylation is 1. The Bertz CT molecular complexity index is 1190. The van der Waals surface area contributed by atoms with Crippen LogP contribution < -0.4 is 0 Å². The Labute approximate surface area is 183 Å². The average Bonchev–Trinajstić information content (AvgIpc) is 3.16. The standard InChI is InChI=1S/C24H21F3N4O/c1-14(17-3-4-22(30-11-17)24(25,26)27)7-20(32)10-19-9-18-12-31-23(21(18)13-29-19)16-5-6-28-15(2)8-16/h3-6,8-9,11,13-14H,7,10,12H2,1-2H3/t14-/m0/s1. The molecule has 0 amide bonds. The van der Waals surface area contributed by atoms with Crippen molar-refractivity contribution in [3.8, 4) is 0 Å². The maximum absolute atomic E-state index is 12.7. The van der Waals surface area contributed by atoms with Crippen LogP contribution in [-0.2, 0) is 23.9 Å². The minimum atomic E-state index is -4.48. The highest BCUT2D eigenvalue weighted by Crippen LogP contribution is 2.29. The molecule has 4 heterocycles. The Morgan fingerprint density at radius 2 is 1.91 bits per heavy atom. The van der Waals surface area contributed by atoms with Gasteiger partial charge in [0.1, 0.15) is 11.5 Å². The number of hydrogen-bond donors (Lipinski definition) is 0. The van der Waals surface area contributed by atoms with E-state index in [1.165, 1.54) is 12.3 Å². The molecule has 0 N–H and O–H groups in total. The Morgan fingerprint density at radius 1 is 1.09 bits per heavy atom. The highest BCUT2D eigenvalue weighted by Gasteiger charge is 2.32. The Hall–Kier alpha value is -3.42. The van der Waals surface area contributed by atoms with Crippen molar-refractivity contribution in [2.45, 2.75) is 45.3 Å². The van der Waals surface area contributed by atoms with Crippen LogP contribution in [0.25, 0.3) is 0 Å². The van der Waals surface area contributed by atoms with Crippen molar-refractivity contribution in [2.24, 2.45) is 4.99 Å². The van der Waals surface area contributed by atoms with Crippen LogP contribution in [-0.4, -0.2) is 26.4 Å². The van der Waals surface area contributed by atoms with Crippen molar-refractivity contribution in [1.29, 1.82) is 0 Å². The minimum absolute atomic E-state index is 0.0336. The van der Waals surface area contributed by atoms with Gasteiger partial charge >= 0.3 is 6.18 Å². The zero-order valence-electron chi connectivity index (χ0n) is 17.6. The quantitative estimate of drug-likeness (QED) is 0.552. The zero-order chi connectivity index (χ0) is 22.9. The van der Waals surface area contributed by atoms with E-state index in [9.17, 15) is 18.0 Å². The second-order valence-electron chi connectivity index (χ2n) is 7.98. The van der Waals surface area contributed by atoms with Gasteiger partial charge in [0.15, 0.2) is 0 Å². The SMILES string of the molecule is Cc1cc(C2=NCc3cc(CC(=O)C[C@H](C)c4ccc(C(F)(F)F)nc4)ncc32)ccn1.